The Balaban J connectivity index is 1.80. The van der Waals surface area contributed by atoms with E-state index in [2.05, 4.69) is 5.32 Å². The average Bonchev–Trinajstić information content (AvgIpc) is 3.02. The van der Waals surface area contributed by atoms with Gasteiger partial charge in [0.05, 0.1) is 10.6 Å². The minimum Gasteiger partial charge on any atom is -0.352 e. The summed E-state index contributed by atoms with van der Waals surface area (Å²) in [5.74, 6) is -1.48. The Morgan fingerprint density at radius 1 is 0.844 bits per heavy atom. The Hall–Kier alpha value is -3.92. The summed E-state index contributed by atoms with van der Waals surface area (Å²) in [6.45, 7) is 3.08. The molecule has 0 aromatic heterocycles. The maximum absolute atomic E-state index is 14.4. The van der Waals surface area contributed by atoms with Crippen molar-refractivity contribution in [3.8, 4) is 0 Å². The van der Waals surface area contributed by atoms with E-state index in [9.17, 15) is 22.4 Å². The standard InChI is InChI=1S/C34H34Cl2FN3O4S/c1-3-24(2)38-34(42)32(20-25-8-5-4-6-9-25)39(22-26-12-16-29(37)17-13-26)33(41)23-40(30-11-7-10-28(36)21-30)45(43,44)31-18-14-27(35)15-19-31/h4-19,21,24,32H,3,20,22-23H2,1-2H3,(H,38,42)/t24-,32-/m0/s1. The van der Waals surface area contributed by atoms with Crippen molar-refractivity contribution in [1.82, 2.24) is 10.2 Å². The van der Waals surface area contributed by atoms with Crippen molar-refractivity contribution in [3.63, 3.8) is 0 Å². The van der Waals surface area contributed by atoms with Gasteiger partial charge >= 0.3 is 0 Å². The van der Waals surface area contributed by atoms with Crippen LogP contribution in [0.5, 0.6) is 0 Å². The Kier molecular flexibility index (Phi) is 11.6. The molecule has 0 unspecified atom stereocenters. The highest BCUT2D eigenvalue weighted by molar-refractivity contribution is 7.92. The quantitative estimate of drug-likeness (QED) is 0.168. The predicted octanol–water partition coefficient (Wildman–Crippen LogP) is 6.88. The molecule has 0 bridgehead atoms. The van der Waals surface area contributed by atoms with Crippen LogP contribution < -0.4 is 9.62 Å². The number of nitrogens with zero attached hydrogens (tertiary/aromatic N) is 2. The van der Waals surface area contributed by atoms with Crippen LogP contribution in [-0.4, -0.2) is 43.8 Å². The third-order valence-electron chi connectivity index (χ3n) is 7.31. The molecule has 0 aliphatic carbocycles. The first-order chi connectivity index (χ1) is 21.5. The molecule has 0 saturated carbocycles. The number of sulfonamides is 1. The van der Waals surface area contributed by atoms with Crippen LogP contribution in [0.3, 0.4) is 0 Å². The number of anilines is 1. The molecule has 4 rings (SSSR count). The van der Waals surface area contributed by atoms with Crippen molar-refractivity contribution in [1.29, 1.82) is 0 Å². The highest BCUT2D eigenvalue weighted by atomic mass is 35.5. The Labute approximate surface area is 273 Å². The van der Waals surface area contributed by atoms with Crippen LogP contribution in [-0.2, 0) is 32.6 Å². The first kappa shape index (κ1) is 34.0. The van der Waals surface area contributed by atoms with Gasteiger partial charge in [0.25, 0.3) is 10.0 Å². The molecule has 4 aromatic rings. The molecule has 1 N–H and O–H groups in total. The first-order valence-electron chi connectivity index (χ1n) is 14.4. The summed E-state index contributed by atoms with van der Waals surface area (Å²) in [4.78, 5) is 29.5. The number of benzene rings is 4. The number of carbonyl (C=O) groups excluding carboxylic acids is 2. The Morgan fingerprint density at radius 3 is 2.13 bits per heavy atom. The molecule has 0 heterocycles. The molecule has 11 heteroatoms. The van der Waals surface area contributed by atoms with Crippen molar-refractivity contribution in [2.45, 2.75) is 50.2 Å². The SMILES string of the molecule is CC[C@H](C)NC(=O)[C@H](Cc1ccccc1)N(Cc1ccc(F)cc1)C(=O)CN(c1cccc(Cl)c1)S(=O)(=O)c1ccc(Cl)cc1. The third kappa shape index (κ3) is 9.06. The number of halogens is 3. The van der Waals surface area contributed by atoms with Gasteiger partial charge in [0.2, 0.25) is 11.8 Å². The number of hydrogen-bond acceptors (Lipinski definition) is 4. The molecule has 236 valence electrons. The van der Waals surface area contributed by atoms with Crippen LogP contribution in [0.15, 0.2) is 108 Å². The van der Waals surface area contributed by atoms with Gasteiger partial charge in [-0.3, -0.25) is 13.9 Å². The molecular formula is C34H34Cl2FN3O4S. The average molecular weight is 671 g/mol. The summed E-state index contributed by atoms with van der Waals surface area (Å²) in [5.41, 5.74) is 1.53. The van der Waals surface area contributed by atoms with Crippen LogP contribution in [0.2, 0.25) is 10.0 Å². The van der Waals surface area contributed by atoms with Gasteiger partial charge in [0, 0.05) is 29.1 Å². The van der Waals surface area contributed by atoms with Gasteiger partial charge in [-0.1, -0.05) is 78.7 Å². The topological polar surface area (TPSA) is 86.8 Å². The summed E-state index contributed by atoms with van der Waals surface area (Å²) in [5, 5.41) is 3.60. The summed E-state index contributed by atoms with van der Waals surface area (Å²) < 4.78 is 42.9. The van der Waals surface area contributed by atoms with Gasteiger partial charge in [-0.05, 0) is 79.1 Å². The van der Waals surface area contributed by atoms with Crippen molar-refractivity contribution in [2.24, 2.45) is 0 Å². The summed E-state index contributed by atoms with van der Waals surface area (Å²) in [6, 6.07) is 25.4. The molecule has 2 atom stereocenters. The maximum Gasteiger partial charge on any atom is 0.264 e. The lowest BCUT2D eigenvalue weighted by Gasteiger charge is -2.34. The molecule has 45 heavy (non-hydrogen) atoms. The van der Waals surface area contributed by atoms with Crippen molar-refractivity contribution in [2.75, 3.05) is 10.8 Å². The largest absolute Gasteiger partial charge is 0.352 e. The van der Waals surface area contributed by atoms with Gasteiger partial charge in [-0.25, -0.2) is 12.8 Å². The van der Waals surface area contributed by atoms with E-state index in [-0.39, 0.29) is 34.6 Å². The molecule has 0 aliphatic rings. The van der Waals surface area contributed by atoms with Gasteiger partial charge in [0.15, 0.2) is 0 Å². The molecule has 0 radical (unpaired) electrons. The zero-order chi connectivity index (χ0) is 32.6. The molecule has 2 amide bonds. The van der Waals surface area contributed by atoms with Crippen LogP contribution in [0, 0.1) is 5.82 Å². The zero-order valence-electron chi connectivity index (χ0n) is 24.9. The second-order valence-corrected chi connectivity index (χ2v) is 13.4. The van der Waals surface area contributed by atoms with E-state index in [1.54, 1.807) is 12.1 Å². The second kappa shape index (κ2) is 15.4. The lowest BCUT2D eigenvalue weighted by Crippen LogP contribution is -2.54. The van der Waals surface area contributed by atoms with Gasteiger partial charge < -0.3 is 10.2 Å². The smallest absolute Gasteiger partial charge is 0.264 e. The van der Waals surface area contributed by atoms with Crippen molar-refractivity contribution < 1.29 is 22.4 Å². The van der Waals surface area contributed by atoms with E-state index >= 15 is 0 Å². The highest BCUT2D eigenvalue weighted by Crippen LogP contribution is 2.28. The van der Waals surface area contributed by atoms with Gasteiger partial charge in [-0.2, -0.15) is 0 Å². The predicted molar refractivity (Wildman–Crippen MR) is 176 cm³/mol. The third-order valence-corrected chi connectivity index (χ3v) is 9.59. The number of rotatable bonds is 13. The Bertz CT molecular complexity index is 1710. The van der Waals surface area contributed by atoms with Crippen LogP contribution in [0.4, 0.5) is 10.1 Å². The number of nitrogens with one attached hydrogen (secondary N) is 1. The van der Waals surface area contributed by atoms with Gasteiger partial charge in [-0.15, -0.1) is 0 Å². The van der Waals surface area contributed by atoms with Crippen molar-refractivity contribution in [3.05, 3.63) is 130 Å². The molecule has 0 fully saturated rings. The minimum absolute atomic E-state index is 0.0745. The first-order valence-corrected chi connectivity index (χ1v) is 16.6. The van der Waals surface area contributed by atoms with E-state index in [0.29, 0.717) is 17.0 Å². The fraction of sp³-hybridized carbons (Fsp3) is 0.235. The Morgan fingerprint density at radius 2 is 1.51 bits per heavy atom. The van der Waals surface area contributed by atoms with E-state index in [1.165, 1.54) is 65.6 Å². The normalized spacial score (nSPS) is 12.6. The summed E-state index contributed by atoms with van der Waals surface area (Å²) >= 11 is 12.3. The second-order valence-electron chi connectivity index (χ2n) is 10.6. The minimum atomic E-state index is -4.30. The molecule has 0 spiro atoms. The van der Waals surface area contributed by atoms with Gasteiger partial charge in [0.1, 0.15) is 18.4 Å². The number of amides is 2. The molecule has 7 nitrogen and oxygen atoms in total. The van der Waals surface area contributed by atoms with E-state index < -0.39 is 40.2 Å². The molecule has 0 saturated heterocycles. The zero-order valence-corrected chi connectivity index (χ0v) is 27.2. The van der Waals surface area contributed by atoms with Crippen LogP contribution in [0.25, 0.3) is 0 Å². The van der Waals surface area contributed by atoms with Crippen LogP contribution in [0.1, 0.15) is 31.4 Å². The number of hydrogen-bond donors (Lipinski definition) is 1. The molecule has 4 aromatic carbocycles. The highest BCUT2D eigenvalue weighted by Gasteiger charge is 2.35. The maximum atomic E-state index is 14.4. The lowest BCUT2D eigenvalue weighted by molar-refractivity contribution is -0.140. The van der Waals surface area contributed by atoms with E-state index in [4.69, 9.17) is 23.2 Å². The summed E-state index contributed by atoms with van der Waals surface area (Å²) in [6.07, 6.45) is 0.828. The fourth-order valence-corrected chi connectivity index (χ4v) is 6.39. The van der Waals surface area contributed by atoms with Crippen molar-refractivity contribution >= 4 is 50.7 Å². The van der Waals surface area contributed by atoms with E-state index in [0.717, 1.165) is 9.87 Å². The van der Waals surface area contributed by atoms with E-state index in [1.807, 2.05) is 44.2 Å². The summed E-state index contributed by atoms with van der Waals surface area (Å²) in [7, 11) is -4.30. The fourth-order valence-electron chi connectivity index (χ4n) is 4.68. The van der Waals surface area contributed by atoms with Crippen LogP contribution >= 0.6 is 23.2 Å². The molecule has 0 aliphatic heterocycles. The monoisotopic (exact) mass is 669 g/mol. The lowest BCUT2D eigenvalue weighted by atomic mass is 10.0. The molecular weight excluding hydrogens is 636 g/mol. The number of carbonyl (C=O) groups is 2.